The van der Waals surface area contributed by atoms with Crippen LogP contribution in [-0.2, 0) is 4.74 Å². The summed E-state index contributed by atoms with van der Waals surface area (Å²) in [6.45, 7) is -0.406. The van der Waals surface area contributed by atoms with Gasteiger partial charge in [0.25, 0.3) is 0 Å². The van der Waals surface area contributed by atoms with E-state index in [1.165, 1.54) is 11.8 Å². The summed E-state index contributed by atoms with van der Waals surface area (Å²) in [5, 5.41) is 38.2. The number of aliphatic hydroxyl groups is 4. The summed E-state index contributed by atoms with van der Waals surface area (Å²) in [6, 6.07) is 9.29. The van der Waals surface area contributed by atoms with Crippen LogP contribution in [0.5, 0.6) is 0 Å². The predicted octanol–water partition coefficient (Wildman–Crippen LogP) is -0.421. The number of hydrogen-bond donors (Lipinski definition) is 4. The van der Waals surface area contributed by atoms with Crippen LogP contribution < -0.4 is 0 Å². The number of aliphatic hydroxyl groups excluding tert-OH is 4. The van der Waals surface area contributed by atoms with E-state index >= 15 is 0 Å². The normalized spacial score (nSPS) is 36.6. The molecule has 1 fully saturated rings. The molecule has 100 valence electrons. The average Bonchev–Trinajstić information content (AvgIpc) is 2.40. The van der Waals surface area contributed by atoms with Gasteiger partial charge in [-0.15, -0.1) is 0 Å². The highest BCUT2D eigenvalue weighted by Gasteiger charge is 2.43. The molecule has 0 bridgehead atoms. The van der Waals surface area contributed by atoms with Gasteiger partial charge in [0.05, 0.1) is 6.61 Å². The van der Waals surface area contributed by atoms with Crippen LogP contribution in [0, 0.1) is 0 Å². The van der Waals surface area contributed by atoms with Gasteiger partial charge >= 0.3 is 0 Å². The average molecular weight is 272 g/mol. The summed E-state index contributed by atoms with van der Waals surface area (Å²) >= 11 is 1.24. The molecule has 6 heteroatoms. The monoisotopic (exact) mass is 272 g/mol. The molecule has 0 unspecified atom stereocenters. The summed E-state index contributed by atoms with van der Waals surface area (Å²) < 4.78 is 5.39. The Morgan fingerprint density at radius 2 is 1.67 bits per heavy atom. The molecule has 1 heterocycles. The molecule has 0 spiro atoms. The van der Waals surface area contributed by atoms with E-state index in [0.717, 1.165) is 4.90 Å². The molecule has 0 aliphatic carbocycles. The molecular formula is C12H16O5S. The molecule has 5 nitrogen and oxygen atoms in total. The van der Waals surface area contributed by atoms with Gasteiger partial charge in [-0.05, 0) is 12.1 Å². The Morgan fingerprint density at radius 3 is 2.28 bits per heavy atom. The van der Waals surface area contributed by atoms with Crippen LogP contribution >= 0.6 is 11.8 Å². The number of ether oxygens (including phenoxy) is 1. The molecule has 0 radical (unpaired) electrons. The van der Waals surface area contributed by atoms with Crippen LogP contribution in [0.2, 0.25) is 0 Å². The molecule has 4 N–H and O–H groups in total. The van der Waals surface area contributed by atoms with Crippen LogP contribution in [0.1, 0.15) is 0 Å². The lowest BCUT2D eigenvalue weighted by molar-refractivity contribution is -0.205. The minimum absolute atomic E-state index is 0.406. The maximum absolute atomic E-state index is 9.85. The Morgan fingerprint density at radius 1 is 1.00 bits per heavy atom. The van der Waals surface area contributed by atoms with Crippen LogP contribution in [0.3, 0.4) is 0 Å². The number of hydrogen-bond acceptors (Lipinski definition) is 6. The van der Waals surface area contributed by atoms with Crippen molar-refractivity contribution in [1.29, 1.82) is 0 Å². The highest BCUT2D eigenvalue weighted by Crippen LogP contribution is 2.32. The Balaban J connectivity index is 2.08. The van der Waals surface area contributed by atoms with Gasteiger partial charge in [-0.2, -0.15) is 0 Å². The predicted molar refractivity (Wildman–Crippen MR) is 66.1 cm³/mol. The van der Waals surface area contributed by atoms with Crippen molar-refractivity contribution in [2.24, 2.45) is 0 Å². The molecule has 1 aliphatic rings. The zero-order chi connectivity index (χ0) is 13.1. The van der Waals surface area contributed by atoms with Gasteiger partial charge in [-0.3, -0.25) is 0 Å². The first-order valence-corrected chi connectivity index (χ1v) is 6.53. The maximum Gasteiger partial charge on any atom is 0.136 e. The lowest BCUT2D eigenvalue weighted by Gasteiger charge is -2.39. The summed E-state index contributed by atoms with van der Waals surface area (Å²) in [5.74, 6) is 0. The van der Waals surface area contributed by atoms with E-state index in [1.54, 1.807) is 0 Å². The fourth-order valence-corrected chi connectivity index (χ4v) is 2.88. The van der Waals surface area contributed by atoms with Crippen molar-refractivity contribution < 1.29 is 25.2 Å². The lowest BCUT2D eigenvalue weighted by Crippen LogP contribution is -2.57. The highest BCUT2D eigenvalue weighted by atomic mass is 32.2. The van der Waals surface area contributed by atoms with Gasteiger partial charge in [-0.25, -0.2) is 0 Å². The van der Waals surface area contributed by atoms with Crippen molar-refractivity contribution in [1.82, 2.24) is 0 Å². The third-order valence-corrected chi connectivity index (χ3v) is 4.01. The highest BCUT2D eigenvalue weighted by molar-refractivity contribution is 7.99. The molecule has 1 saturated heterocycles. The third kappa shape index (κ3) is 2.85. The van der Waals surface area contributed by atoms with E-state index in [-0.39, 0.29) is 0 Å². The van der Waals surface area contributed by atoms with Crippen molar-refractivity contribution >= 4 is 11.8 Å². The second-order valence-electron chi connectivity index (χ2n) is 4.13. The zero-order valence-electron chi connectivity index (χ0n) is 9.59. The van der Waals surface area contributed by atoms with Crippen molar-refractivity contribution in [2.75, 3.05) is 6.61 Å². The maximum atomic E-state index is 9.85. The van der Waals surface area contributed by atoms with E-state index in [4.69, 9.17) is 9.84 Å². The summed E-state index contributed by atoms with van der Waals surface area (Å²) in [4.78, 5) is 0.877. The fourth-order valence-electron chi connectivity index (χ4n) is 1.80. The zero-order valence-corrected chi connectivity index (χ0v) is 10.4. The van der Waals surface area contributed by atoms with Gasteiger partial charge in [0, 0.05) is 4.90 Å². The van der Waals surface area contributed by atoms with E-state index in [9.17, 15) is 15.3 Å². The van der Waals surface area contributed by atoms with Crippen LogP contribution in [0.4, 0.5) is 0 Å². The Kier molecular flexibility index (Phi) is 4.60. The Bertz CT molecular complexity index is 372. The van der Waals surface area contributed by atoms with Gasteiger partial charge < -0.3 is 25.2 Å². The Labute approximate surface area is 109 Å². The van der Waals surface area contributed by atoms with Crippen molar-refractivity contribution in [3.8, 4) is 0 Å². The van der Waals surface area contributed by atoms with E-state index in [0.29, 0.717) is 0 Å². The molecule has 0 amide bonds. The molecular weight excluding hydrogens is 256 g/mol. The minimum atomic E-state index is -1.32. The molecule has 1 aromatic carbocycles. The first kappa shape index (κ1) is 13.8. The topological polar surface area (TPSA) is 90.2 Å². The number of thioether (sulfide) groups is 1. The standard InChI is InChI=1S/C12H16O5S/c13-6-8-9(14)10(15)11(16)12(17-8)18-7-4-2-1-3-5-7/h1-5,8-16H,6H2/t8-,9-,10+,11-,12-/m1/s1. The largest absolute Gasteiger partial charge is 0.394 e. The molecule has 1 aromatic rings. The summed E-state index contributed by atoms with van der Waals surface area (Å²) in [5.41, 5.74) is -0.719. The quantitative estimate of drug-likeness (QED) is 0.597. The Hall–Kier alpha value is -0.630. The van der Waals surface area contributed by atoms with Gasteiger partial charge in [-0.1, -0.05) is 30.0 Å². The lowest BCUT2D eigenvalue weighted by atomic mass is 10.0. The first-order chi connectivity index (χ1) is 8.63. The van der Waals surface area contributed by atoms with Crippen molar-refractivity contribution in [3.05, 3.63) is 30.3 Å². The molecule has 0 saturated carbocycles. The van der Waals surface area contributed by atoms with Gasteiger partial charge in [0.2, 0.25) is 0 Å². The molecule has 18 heavy (non-hydrogen) atoms. The van der Waals surface area contributed by atoms with Crippen molar-refractivity contribution in [2.45, 2.75) is 34.7 Å². The fraction of sp³-hybridized carbons (Fsp3) is 0.500. The van der Waals surface area contributed by atoms with Gasteiger partial charge in [0.1, 0.15) is 29.9 Å². The molecule has 0 aromatic heterocycles. The van der Waals surface area contributed by atoms with Gasteiger partial charge in [0.15, 0.2) is 0 Å². The van der Waals surface area contributed by atoms with Crippen LogP contribution in [0.15, 0.2) is 35.2 Å². The molecule has 2 rings (SSSR count). The van der Waals surface area contributed by atoms with E-state index in [2.05, 4.69) is 0 Å². The summed E-state index contributed by atoms with van der Waals surface area (Å²) in [6.07, 6.45) is -4.69. The minimum Gasteiger partial charge on any atom is -0.394 e. The number of benzene rings is 1. The van der Waals surface area contributed by atoms with Crippen LogP contribution in [0.25, 0.3) is 0 Å². The second kappa shape index (κ2) is 6.01. The summed E-state index contributed by atoms with van der Waals surface area (Å²) in [7, 11) is 0. The number of rotatable bonds is 3. The smallest absolute Gasteiger partial charge is 0.136 e. The van der Waals surface area contributed by atoms with E-state index < -0.39 is 36.5 Å². The third-order valence-electron chi connectivity index (χ3n) is 2.84. The molecule has 1 aliphatic heterocycles. The second-order valence-corrected chi connectivity index (χ2v) is 5.30. The molecule has 5 atom stereocenters. The first-order valence-electron chi connectivity index (χ1n) is 5.65. The van der Waals surface area contributed by atoms with Crippen molar-refractivity contribution in [3.63, 3.8) is 0 Å². The van der Waals surface area contributed by atoms with Crippen LogP contribution in [-0.4, -0.2) is 56.9 Å². The van der Waals surface area contributed by atoms with E-state index in [1.807, 2.05) is 30.3 Å². The SMILES string of the molecule is OC[C@H]1O[C@H](Sc2ccccc2)[C@H](O)[C@@H](O)[C@@H]1O.